The van der Waals surface area contributed by atoms with Crippen molar-refractivity contribution in [1.29, 1.82) is 0 Å². The Morgan fingerprint density at radius 1 is 1.07 bits per heavy atom. The van der Waals surface area contributed by atoms with Crippen molar-refractivity contribution >= 4 is 50.9 Å². The highest BCUT2D eigenvalue weighted by molar-refractivity contribution is 6.33. The second kappa shape index (κ2) is 7.97. The zero-order valence-electron chi connectivity index (χ0n) is 15.6. The molecule has 1 aromatic heterocycles. The van der Waals surface area contributed by atoms with Gasteiger partial charge in [-0.15, -0.1) is 0 Å². The monoisotopic (exact) mass is 407 g/mol. The Hall–Kier alpha value is -3.31. The summed E-state index contributed by atoms with van der Waals surface area (Å²) in [5, 5.41) is 6.02. The lowest BCUT2D eigenvalue weighted by molar-refractivity contribution is -0.152. The van der Waals surface area contributed by atoms with Crippen LogP contribution in [0, 0.1) is 0 Å². The molecule has 29 heavy (non-hydrogen) atoms. The molecule has 0 aliphatic carbocycles. The number of furan rings is 1. The molecule has 0 saturated carbocycles. The lowest BCUT2D eigenvalue weighted by Crippen LogP contribution is -2.30. The molecule has 3 aromatic carbocycles. The number of rotatable bonds is 5. The minimum absolute atomic E-state index is 0.00468. The summed E-state index contributed by atoms with van der Waals surface area (Å²) in [7, 11) is 0. The van der Waals surface area contributed by atoms with Crippen LogP contribution in [0.1, 0.15) is 12.5 Å². The Balaban J connectivity index is 1.48. The van der Waals surface area contributed by atoms with Crippen molar-refractivity contribution in [2.24, 2.45) is 0 Å². The van der Waals surface area contributed by atoms with Gasteiger partial charge in [-0.3, -0.25) is 9.59 Å². The standard InChI is InChI=1S/C23H18ClNO4/c1-14(23(27)25-19-9-5-4-8-18(19)24)29-21(26)12-16-13-28-20-11-10-15-6-2-3-7-17(15)22(16)20/h2-11,13-14H,12H2,1H3,(H,25,27)/t14-/m1/s1. The quantitative estimate of drug-likeness (QED) is 0.452. The molecule has 5 nitrogen and oxygen atoms in total. The minimum atomic E-state index is -0.964. The third-order valence-electron chi connectivity index (χ3n) is 4.68. The van der Waals surface area contributed by atoms with E-state index in [0.29, 0.717) is 16.3 Å². The molecular formula is C23H18ClNO4. The van der Waals surface area contributed by atoms with E-state index in [1.165, 1.54) is 6.92 Å². The molecule has 1 amide bonds. The number of amides is 1. The minimum Gasteiger partial charge on any atom is -0.464 e. The van der Waals surface area contributed by atoms with Crippen LogP contribution in [0.15, 0.2) is 71.3 Å². The number of halogens is 1. The number of anilines is 1. The van der Waals surface area contributed by atoms with E-state index in [1.54, 1.807) is 30.5 Å². The molecule has 0 radical (unpaired) electrons. The maximum Gasteiger partial charge on any atom is 0.311 e. The summed E-state index contributed by atoms with van der Waals surface area (Å²) < 4.78 is 10.9. The van der Waals surface area contributed by atoms with Crippen molar-refractivity contribution < 1.29 is 18.7 Å². The highest BCUT2D eigenvalue weighted by Crippen LogP contribution is 2.30. The summed E-state index contributed by atoms with van der Waals surface area (Å²) in [5.74, 6) is -0.962. The van der Waals surface area contributed by atoms with Crippen LogP contribution in [-0.4, -0.2) is 18.0 Å². The van der Waals surface area contributed by atoms with E-state index in [0.717, 1.165) is 21.7 Å². The number of para-hydroxylation sites is 1. The number of carbonyl (C=O) groups excluding carboxylic acids is 2. The normalized spacial score (nSPS) is 12.1. The van der Waals surface area contributed by atoms with Gasteiger partial charge in [-0.1, -0.05) is 54.1 Å². The van der Waals surface area contributed by atoms with E-state index < -0.39 is 18.0 Å². The molecule has 1 atom stereocenters. The fourth-order valence-corrected chi connectivity index (χ4v) is 3.43. The van der Waals surface area contributed by atoms with E-state index in [2.05, 4.69) is 5.32 Å². The number of hydrogen-bond donors (Lipinski definition) is 1. The first-order chi connectivity index (χ1) is 14.0. The smallest absolute Gasteiger partial charge is 0.311 e. The third kappa shape index (κ3) is 3.96. The molecule has 0 saturated heterocycles. The van der Waals surface area contributed by atoms with Crippen LogP contribution in [0.5, 0.6) is 0 Å². The van der Waals surface area contributed by atoms with Gasteiger partial charge in [0.15, 0.2) is 6.10 Å². The Bertz CT molecular complexity index is 1210. The first-order valence-corrected chi connectivity index (χ1v) is 9.53. The maximum absolute atomic E-state index is 12.5. The van der Waals surface area contributed by atoms with Gasteiger partial charge >= 0.3 is 5.97 Å². The van der Waals surface area contributed by atoms with Crippen LogP contribution in [0.2, 0.25) is 5.02 Å². The number of hydrogen-bond acceptors (Lipinski definition) is 4. The molecular weight excluding hydrogens is 390 g/mol. The first kappa shape index (κ1) is 19.0. The van der Waals surface area contributed by atoms with E-state index in [9.17, 15) is 9.59 Å². The predicted octanol–water partition coefficient (Wildman–Crippen LogP) is 5.35. The second-order valence-corrected chi connectivity index (χ2v) is 7.11. The first-order valence-electron chi connectivity index (χ1n) is 9.15. The molecule has 6 heteroatoms. The summed E-state index contributed by atoms with van der Waals surface area (Å²) in [5.41, 5.74) is 1.89. The lowest BCUT2D eigenvalue weighted by atomic mass is 10.0. The van der Waals surface area contributed by atoms with Crippen molar-refractivity contribution in [3.8, 4) is 0 Å². The second-order valence-electron chi connectivity index (χ2n) is 6.70. The van der Waals surface area contributed by atoms with Gasteiger partial charge in [0, 0.05) is 10.9 Å². The highest BCUT2D eigenvalue weighted by atomic mass is 35.5. The SMILES string of the molecule is C[C@@H](OC(=O)Cc1coc2ccc3ccccc3c12)C(=O)Nc1ccccc1Cl. The topological polar surface area (TPSA) is 68.5 Å². The van der Waals surface area contributed by atoms with Crippen LogP contribution < -0.4 is 5.32 Å². The summed E-state index contributed by atoms with van der Waals surface area (Å²) in [6.45, 7) is 1.52. The van der Waals surface area contributed by atoms with Crippen LogP contribution in [0.25, 0.3) is 21.7 Å². The molecule has 0 fully saturated rings. The summed E-state index contributed by atoms with van der Waals surface area (Å²) in [6.07, 6.45) is 0.603. The van der Waals surface area contributed by atoms with Gasteiger partial charge in [-0.05, 0) is 35.9 Å². The van der Waals surface area contributed by atoms with Gasteiger partial charge < -0.3 is 14.5 Å². The van der Waals surface area contributed by atoms with E-state index in [-0.39, 0.29) is 6.42 Å². The maximum atomic E-state index is 12.5. The number of nitrogens with one attached hydrogen (secondary N) is 1. The molecule has 0 spiro atoms. The number of benzene rings is 3. The molecule has 4 aromatic rings. The van der Waals surface area contributed by atoms with Crippen molar-refractivity contribution in [2.75, 3.05) is 5.32 Å². The highest BCUT2D eigenvalue weighted by Gasteiger charge is 2.20. The van der Waals surface area contributed by atoms with Gasteiger partial charge in [0.1, 0.15) is 5.58 Å². The van der Waals surface area contributed by atoms with Gasteiger partial charge in [0.25, 0.3) is 5.91 Å². The zero-order valence-corrected chi connectivity index (χ0v) is 16.4. The lowest BCUT2D eigenvalue weighted by Gasteiger charge is -2.14. The van der Waals surface area contributed by atoms with Crippen molar-refractivity contribution in [2.45, 2.75) is 19.4 Å². The van der Waals surface area contributed by atoms with Gasteiger partial charge in [-0.2, -0.15) is 0 Å². The Morgan fingerprint density at radius 2 is 1.83 bits per heavy atom. The zero-order chi connectivity index (χ0) is 20.4. The summed E-state index contributed by atoms with van der Waals surface area (Å²) in [6, 6.07) is 18.6. The molecule has 0 aliphatic rings. The van der Waals surface area contributed by atoms with Crippen molar-refractivity contribution in [1.82, 2.24) is 0 Å². The molecule has 1 heterocycles. The molecule has 1 N–H and O–H groups in total. The molecule has 4 rings (SSSR count). The number of ether oxygens (including phenoxy) is 1. The van der Waals surface area contributed by atoms with Crippen LogP contribution >= 0.6 is 11.6 Å². The van der Waals surface area contributed by atoms with Crippen molar-refractivity contribution in [3.05, 3.63) is 77.5 Å². The number of carbonyl (C=O) groups is 2. The largest absolute Gasteiger partial charge is 0.464 e. The van der Waals surface area contributed by atoms with Gasteiger partial charge in [0.2, 0.25) is 0 Å². The van der Waals surface area contributed by atoms with Gasteiger partial charge in [0.05, 0.1) is 23.4 Å². The molecule has 0 unspecified atom stereocenters. The predicted molar refractivity (Wildman–Crippen MR) is 113 cm³/mol. The fraction of sp³-hybridized carbons (Fsp3) is 0.130. The van der Waals surface area contributed by atoms with Crippen LogP contribution in [0.3, 0.4) is 0 Å². The molecule has 0 bridgehead atoms. The van der Waals surface area contributed by atoms with Gasteiger partial charge in [-0.25, -0.2) is 0 Å². The number of esters is 1. The van der Waals surface area contributed by atoms with Crippen LogP contribution in [0.4, 0.5) is 5.69 Å². The average molecular weight is 408 g/mol. The summed E-state index contributed by atoms with van der Waals surface area (Å²) >= 11 is 6.04. The van der Waals surface area contributed by atoms with E-state index in [4.69, 9.17) is 20.8 Å². The Kier molecular flexibility index (Phi) is 5.23. The third-order valence-corrected chi connectivity index (χ3v) is 5.01. The van der Waals surface area contributed by atoms with Crippen LogP contribution in [-0.2, 0) is 20.7 Å². The Labute approximate surface area is 172 Å². The fourth-order valence-electron chi connectivity index (χ4n) is 3.25. The number of fused-ring (bicyclic) bond motifs is 3. The average Bonchev–Trinajstić information content (AvgIpc) is 3.12. The molecule has 146 valence electrons. The molecule has 0 aliphatic heterocycles. The Morgan fingerprint density at radius 3 is 2.66 bits per heavy atom. The van der Waals surface area contributed by atoms with E-state index in [1.807, 2.05) is 36.4 Å². The summed E-state index contributed by atoms with van der Waals surface area (Å²) in [4.78, 5) is 24.8. The van der Waals surface area contributed by atoms with E-state index >= 15 is 0 Å². The van der Waals surface area contributed by atoms with Crippen molar-refractivity contribution in [3.63, 3.8) is 0 Å².